The van der Waals surface area contributed by atoms with Crippen molar-refractivity contribution in [3.8, 4) is 0 Å². The quantitative estimate of drug-likeness (QED) is 0.0264. The van der Waals surface area contributed by atoms with Gasteiger partial charge in [-0.3, -0.25) is 14.4 Å². The van der Waals surface area contributed by atoms with Gasteiger partial charge in [-0.1, -0.05) is 204 Å². The fourth-order valence-electron chi connectivity index (χ4n) is 6.87. The molecule has 0 rings (SSSR count). The molecule has 0 aromatic carbocycles. The van der Waals surface area contributed by atoms with Crippen molar-refractivity contribution >= 4 is 17.9 Å². The van der Waals surface area contributed by atoms with Crippen LogP contribution in [0, 0.1) is 0 Å². The van der Waals surface area contributed by atoms with Crippen molar-refractivity contribution < 1.29 is 28.6 Å². The SMILES string of the molecule is CC/C=C\C/C=C\C/C=C\CCCC(=O)OCC(COC(=O)CCCCCCCCCCCCCCCCC)OC(=O)CCCCC/C=C\CCCCCCCCC. The number of hydrogen-bond acceptors (Lipinski definition) is 6. The van der Waals surface area contributed by atoms with Crippen LogP contribution in [0.5, 0.6) is 0 Å². The molecule has 1 unspecified atom stereocenters. The van der Waals surface area contributed by atoms with Gasteiger partial charge in [0.05, 0.1) is 0 Å². The van der Waals surface area contributed by atoms with E-state index in [1.165, 1.54) is 122 Å². The summed E-state index contributed by atoms with van der Waals surface area (Å²) in [5.74, 6) is -0.961. The molecule has 0 N–H and O–H groups in total. The minimum Gasteiger partial charge on any atom is -0.462 e. The molecule has 0 bridgehead atoms. The maximum absolute atomic E-state index is 12.7. The first-order chi connectivity index (χ1) is 28.5. The number of carbonyl (C=O) groups excluding carboxylic acids is 3. The second-order valence-electron chi connectivity index (χ2n) is 16.3. The Balaban J connectivity index is 4.41. The highest BCUT2D eigenvalue weighted by Crippen LogP contribution is 2.15. The Morgan fingerprint density at radius 1 is 0.362 bits per heavy atom. The zero-order valence-electron chi connectivity index (χ0n) is 38.3. The molecule has 58 heavy (non-hydrogen) atoms. The third-order valence-corrected chi connectivity index (χ3v) is 10.6. The van der Waals surface area contributed by atoms with E-state index in [1.807, 2.05) is 0 Å². The molecule has 0 saturated heterocycles. The summed E-state index contributed by atoms with van der Waals surface area (Å²) in [7, 11) is 0. The van der Waals surface area contributed by atoms with Crippen LogP contribution in [-0.2, 0) is 28.6 Å². The van der Waals surface area contributed by atoms with E-state index in [9.17, 15) is 14.4 Å². The van der Waals surface area contributed by atoms with Gasteiger partial charge in [-0.15, -0.1) is 0 Å². The number of carbonyl (C=O) groups is 3. The highest BCUT2D eigenvalue weighted by molar-refractivity contribution is 5.71. The summed E-state index contributed by atoms with van der Waals surface area (Å²) in [5, 5.41) is 0. The summed E-state index contributed by atoms with van der Waals surface area (Å²) in [6.07, 6.45) is 55.3. The molecule has 0 fully saturated rings. The lowest BCUT2D eigenvalue weighted by atomic mass is 10.0. The van der Waals surface area contributed by atoms with Crippen LogP contribution >= 0.6 is 0 Å². The van der Waals surface area contributed by atoms with Gasteiger partial charge in [0.15, 0.2) is 6.10 Å². The van der Waals surface area contributed by atoms with Crippen LogP contribution in [-0.4, -0.2) is 37.2 Å². The van der Waals surface area contributed by atoms with E-state index in [1.54, 1.807) is 0 Å². The number of unbranched alkanes of at least 4 members (excludes halogenated alkanes) is 25. The molecular weight excluding hydrogens is 721 g/mol. The van der Waals surface area contributed by atoms with E-state index >= 15 is 0 Å². The summed E-state index contributed by atoms with van der Waals surface area (Å²) in [6.45, 7) is 6.46. The molecule has 336 valence electrons. The van der Waals surface area contributed by atoms with Crippen LogP contribution in [0.4, 0.5) is 0 Å². The normalized spacial score (nSPS) is 12.4. The number of hydrogen-bond donors (Lipinski definition) is 0. The maximum Gasteiger partial charge on any atom is 0.306 e. The summed E-state index contributed by atoms with van der Waals surface area (Å²) in [4.78, 5) is 37.8. The third kappa shape index (κ3) is 44.5. The Labute approximate surface area is 358 Å². The summed E-state index contributed by atoms with van der Waals surface area (Å²) >= 11 is 0. The van der Waals surface area contributed by atoms with Gasteiger partial charge < -0.3 is 14.2 Å². The van der Waals surface area contributed by atoms with Gasteiger partial charge in [-0.2, -0.15) is 0 Å². The van der Waals surface area contributed by atoms with Crippen molar-refractivity contribution in [1.29, 1.82) is 0 Å². The largest absolute Gasteiger partial charge is 0.462 e. The number of rotatable bonds is 44. The van der Waals surface area contributed by atoms with E-state index in [4.69, 9.17) is 14.2 Å². The lowest BCUT2D eigenvalue weighted by Gasteiger charge is -2.18. The standard InChI is InChI=1S/C52H92O6/c1-4-7-10-13-16-19-22-24-26-28-30-33-36-39-42-45-51(54)57-48-49(47-56-50(53)44-41-38-35-32-29-21-18-15-12-9-6-3)58-52(55)46-43-40-37-34-31-27-25-23-20-17-14-11-8-5-2/h9,12,18,21,27,31-32,35,49H,4-8,10-11,13-17,19-20,22-26,28-30,33-34,36-48H2,1-3H3/b12-9-,21-18-,31-27-,35-32-. The Kier molecular flexibility index (Phi) is 44.9. The topological polar surface area (TPSA) is 78.9 Å². The van der Waals surface area contributed by atoms with Crippen LogP contribution in [0.1, 0.15) is 245 Å². The summed E-state index contributed by atoms with van der Waals surface area (Å²) in [6, 6.07) is 0. The van der Waals surface area contributed by atoms with Crippen LogP contribution in [0.2, 0.25) is 0 Å². The Morgan fingerprint density at radius 3 is 1.16 bits per heavy atom. The van der Waals surface area contributed by atoms with Crippen molar-refractivity contribution in [2.45, 2.75) is 252 Å². The average Bonchev–Trinajstić information content (AvgIpc) is 3.22. The minimum absolute atomic E-state index is 0.0926. The molecule has 0 aliphatic carbocycles. The first kappa shape index (κ1) is 55.4. The van der Waals surface area contributed by atoms with Crippen molar-refractivity contribution in [2.24, 2.45) is 0 Å². The van der Waals surface area contributed by atoms with E-state index in [0.717, 1.165) is 77.0 Å². The molecule has 0 spiro atoms. The van der Waals surface area contributed by atoms with E-state index < -0.39 is 6.10 Å². The number of ether oxygens (including phenoxy) is 3. The molecule has 6 nitrogen and oxygen atoms in total. The highest BCUT2D eigenvalue weighted by Gasteiger charge is 2.19. The molecule has 0 saturated carbocycles. The van der Waals surface area contributed by atoms with E-state index in [2.05, 4.69) is 69.4 Å². The lowest BCUT2D eigenvalue weighted by molar-refractivity contribution is -0.167. The van der Waals surface area contributed by atoms with Crippen LogP contribution in [0.25, 0.3) is 0 Å². The lowest BCUT2D eigenvalue weighted by Crippen LogP contribution is -2.30. The first-order valence-corrected chi connectivity index (χ1v) is 24.6. The third-order valence-electron chi connectivity index (χ3n) is 10.6. The molecule has 0 aromatic heterocycles. The molecular formula is C52H92O6. The highest BCUT2D eigenvalue weighted by atomic mass is 16.6. The monoisotopic (exact) mass is 813 g/mol. The van der Waals surface area contributed by atoms with Gasteiger partial charge >= 0.3 is 17.9 Å². The second-order valence-corrected chi connectivity index (χ2v) is 16.3. The molecule has 0 heterocycles. The van der Waals surface area contributed by atoms with Crippen LogP contribution in [0.3, 0.4) is 0 Å². The van der Waals surface area contributed by atoms with Crippen LogP contribution < -0.4 is 0 Å². The number of esters is 3. The summed E-state index contributed by atoms with van der Waals surface area (Å²) < 4.78 is 16.7. The fourth-order valence-corrected chi connectivity index (χ4v) is 6.87. The smallest absolute Gasteiger partial charge is 0.306 e. The molecule has 0 radical (unpaired) electrons. The van der Waals surface area contributed by atoms with Gasteiger partial charge in [0.25, 0.3) is 0 Å². The van der Waals surface area contributed by atoms with E-state index in [0.29, 0.717) is 19.3 Å². The van der Waals surface area contributed by atoms with E-state index in [-0.39, 0.29) is 37.5 Å². The van der Waals surface area contributed by atoms with Crippen molar-refractivity contribution in [1.82, 2.24) is 0 Å². The molecule has 0 amide bonds. The molecule has 1 atom stereocenters. The molecule has 0 aliphatic rings. The Bertz CT molecular complexity index is 1030. The first-order valence-electron chi connectivity index (χ1n) is 24.6. The van der Waals surface area contributed by atoms with Crippen molar-refractivity contribution in [3.05, 3.63) is 48.6 Å². The number of allylic oxidation sites excluding steroid dienone is 8. The summed E-state index contributed by atoms with van der Waals surface area (Å²) in [5.41, 5.74) is 0. The second kappa shape index (κ2) is 47.1. The predicted molar refractivity (Wildman–Crippen MR) is 247 cm³/mol. The van der Waals surface area contributed by atoms with Crippen LogP contribution in [0.15, 0.2) is 48.6 Å². The predicted octanol–water partition coefficient (Wildman–Crippen LogP) is 15.9. The minimum atomic E-state index is -0.796. The Hall–Kier alpha value is -2.63. The van der Waals surface area contributed by atoms with Crippen molar-refractivity contribution in [3.63, 3.8) is 0 Å². The zero-order chi connectivity index (χ0) is 42.3. The molecule has 0 aromatic rings. The van der Waals surface area contributed by atoms with Gasteiger partial charge in [0.2, 0.25) is 0 Å². The molecule has 6 heteroatoms. The molecule has 0 aliphatic heterocycles. The van der Waals surface area contributed by atoms with Gasteiger partial charge in [0.1, 0.15) is 13.2 Å². The van der Waals surface area contributed by atoms with Gasteiger partial charge in [-0.25, -0.2) is 0 Å². The van der Waals surface area contributed by atoms with Gasteiger partial charge in [-0.05, 0) is 70.6 Å². The van der Waals surface area contributed by atoms with Crippen molar-refractivity contribution in [2.75, 3.05) is 13.2 Å². The maximum atomic E-state index is 12.7. The fraction of sp³-hybridized carbons (Fsp3) is 0.788. The van der Waals surface area contributed by atoms with Gasteiger partial charge in [0, 0.05) is 19.3 Å². The Morgan fingerprint density at radius 2 is 0.690 bits per heavy atom. The zero-order valence-corrected chi connectivity index (χ0v) is 38.3. The average molecular weight is 813 g/mol.